The van der Waals surface area contributed by atoms with Gasteiger partial charge in [-0.2, -0.15) is 0 Å². The number of hydrogen-bond donors (Lipinski definition) is 2. The van der Waals surface area contributed by atoms with E-state index in [9.17, 15) is 19.2 Å². The van der Waals surface area contributed by atoms with Gasteiger partial charge in [0, 0.05) is 38.0 Å². The number of amides is 5. The molecule has 0 spiro atoms. The Hall–Kier alpha value is -2.12. The highest BCUT2D eigenvalue weighted by molar-refractivity contribution is 5.98. The molecule has 0 bridgehead atoms. The summed E-state index contributed by atoms with van der Waals surface area (Å²) in [5.41, 5.74) is 0. The summed E-state index contributed by atoms with van der Waals surface area (Å²) in [7, 11) is 0. The van der Waals surface area contributed by atoms with Gasteiger partial charge < -0.3 is 15.1 Å². The first-order chi connectivity index (χ1) is 12.0. The molecule has 8 heteroatoms. The van der Waals surface area contributed by atoms with E-state index in [2.05, 4.69) is 10.6 Å². The van der Waals surface area contributed by atoms with Gasteiger partial charge in [-0.25, -0.2) is 4.79 Å². The monoisotopic (exact) mass is 350 g/mol. The Morgan fingerprint density at radius 2 is 1.84 bits per heavy atom. The molecule has 0 aromatic rings. The summed E-state index contributed by atoms with van der Waals surface area (Å²) in [4.78, 5) is 50.8. The molecule has 2 heterocycles. The molecule has 0 unspecified atom stereocenters. The molecule has 2 saturated heterocycles. The third-order valence-corrected chi connectivity index (χ3v) is 5.29. The normalized spacial score (nSPS) is 27.2. The highest BCUT2D eigenvalue weighted by Gasteiger charge is 2.34. The molecule has 138 valence electrons. The van der Waals surface area contributed by atoms with Gasteiger partial charge in [-0.15, -0.1) is 0 Å². The summed E-state index contributed by atoms with van der Waals surface area (Å²) in [6.07, 6.45) is 5.85. The van der Waals surface area contributed by atoms with Crippen LogP contribution in [0.5, 0.6) is 0 Å². The van der Waals surface area contributed by atoms with Gasteiger partial charge in [0.15, 0.2) is 0 Å². The van der Waals surface area contributed by atoms with Crippen molar-refractivity contribution in [2.24, 2.45) is 5.92 Å². The Labute approximate surface area is 147 Å². The summed E-state index contributed by atoms with van der Waals surface area (Å²) in [6, 6.07) is -0.531. The van der Waals surface area contributed by atoms with E-state index in [0.717, 1.165) is 38.8 Å². The largest absolute Gasteiger partial charge is 0.352 e. The van der Waals surface area contributed by atoms with E-state index in [1.165, 1.54) is 11.3 Å². The second kappa shape index (κ2) is 7.84. The smallest absolute Gasteiger partial charge is 0.324 e. The Kier molecular flexibility index (Phi) is 5.55. The molecular formula is C17H26N4O4. The molecule has 3 rings (SSSR count). The first kappa shape index (κ1) is 17.7. The molecule has 2 N–H and O–H groups in total. The maximum absolute atomic E-state index is 12.5. The SMILES string of the molecule is O=C1CCN(CC(=O)N[C@H]2CC[C@@H](C(=O)N3CCCCC3)C2)C(=O)N1. The molecule has 2 atom stereocenters. The van der Waals surface area contributed by atoms with Crippen LogP contribution in [-0.4, -0.2) is 65.8 Å². The zero-order valence-electron chi connectivity index (χ0n) is 14.5. The van der Waals surface area contributed by atoms with Gasteiger partial charge in [0.05, 0.1) is 0 Å². The van der Waals surface area contributed by atoms with Crippen molar-refractivity contribution < 1.29 is 19.2 Å². The first-order valence-corrected chi connectivity index (χ1v) is 9.20. The van der Waals surface area contributed by atoms with E-state index < -0.39 is 6.03 Å². The number of piperidine rings is 1. The summed E-state index contributed by atoms with van der Waals surface area (Å²) in [6.45, 7) is 1.92. The molecule has 3 aliphatic rings. The van der Waals surface area contributed by atoms with Crippen molar-refractivity contribution in [3.05, 3.63) is 0 Å². The van der Waals surface area contributed by atoms with Crippen molar-refractivity contribution in [2.45, 2.75) is 51.0 Å². The molecule has 25 heavy (non-hydrogen) atoms. The van der Waals surface area contributed by atoms with Crippen LogP contribution in [0, 0.1) is 5.92 Å². The van der Waals surface area contributed by atoms with E-state index in [4.69, 9.17) is 0 Å². The van der Waals surface area contributed by atoms with E-state index >= 15 is 0 Å². The molecule has 3 fully saturated rings. The lowest BCUT2D eigenvalue weighted by Gasteiger charge is -2.29. The molecule has 1 aliphatic carbocycles. The lowest BCUT2D eigenvalue weighted by molar-refractivity contribution is -0.136. The molecule has 8 nitrogen and oxygen atoms in total. The number of urea groups is 1. The molecule has 1 saturated carbocycles. The standard InChI is InChI=1S/C17H26N4O4/c22-14-6-9-21(17(25)19-14)11-15(23)18-13-5-4-12(10-13)16(24)20-7-2-1-3-8-20/h12-13H,1-11H2,(H,18,23)(H,19,22,25)/t12-,13+/m1/s1. The van der Waals surface area contributed by atoms with Crippen LogP contribution in [0.1, 0.15) is 44.9 Å². The first-order valence-electron chi connectivity index (χ1n) is 9.20. The van der Waals surface area contributed by atoms with Crippen LogP contribution in [0.15, 0.2) is 0 Å². The van der Waals surface area contributed by atoms with Gasteiger partial charge in [-0.3, -0.25) is 19.7 Å². The van der Waals surface area contributed by atoms with Crippen molar-refractivity contribution in [2.75, 3.05) is 26.2 Å². The van der Waals surface area contributed by atoms with Crippen LogP contribution in [0.25, 0.3) is 0 Å². The molecule has 2 aliphatic heterocycles. The molecular weight excluding hydrogens is 324 g/mol. The second-order valence-electron chi connectivity index (χ2n) is 7.19. The number of hydrogen-bond acceptors (Lipinski definition) is 4. The minimum atomic E-state index is -0.518. The Balaban J connectivity index is 1.43. The number of likely N-dealkylation sites (tertiary alicyclic amines) is 1. The third kappa shape index (κ3) is 4.49. The number of carbonyl (C=O) groups excluding carboxylic acids is 4. The maximum Gasteiger partial charge on any atom is 0.324 e. The van der Waals surface area contributed by atoms with Crippen molar-refractivity contribution in [1.29, 1.82) is 0 Å². The van der Waals surface area contributed by atoms with Crippen molar-refractivity contribution in [1.82, 2.24) is 20.4 Å². The molecule has 0 aromatic heterocycles. The van der Waals surface area contributed by atoms with E-state index in [0.29, 0.717) is 6.42 Å². The predicted octanol–water partition coefficient (Wildman–Crippen LogP) is 0.226. The van der Waals surface area contributed by atoms with Crippen molar-refractivity contribution in [3.8, 4) is 0 Å². The summed E-state index contributed by atoms with van der Waals surface area (Å²) < 4.78 is 0. The quantitative estimate of drug-likeness (QED) is 0.758. The average molecular weight is 350 g/mol. The van der Waals surface area contributed by atoms with E-state index in [-0.39, 0.29) is 49.2 Å². The van der Waals surface area contributed by atoms with Gasteiger partial charge in [-0.1, -0.05) is 0 Å². The van der Waals surface area contributed by atoms with Gasteiger partial charge in [0.25, 0.3) is 0 Å². The molecule has 0 aromatic carbocycles. The third-order valence-electron chi connectivity index (χ3n) is 5.29. The van der Waals surface area contributed by atoms with Crippen LogP contribution < -0.4 is 10.6 Å². The lowest BCUT2D eigenvalue weighted by Crippen LogP contribution is -2.53. The number of nitrogens with one attached hydrogen (secondary N) is 2. The fourth-order valence-electron chi connectivity index (χ4n) is 3.91. The minimum absolute atomic E-state index is 0.000642. The van der Waals surface area contributed by atoms with Gasteiger partial charge in [-0.05, 0) is 38.5 Å². The van der Waals surface area contributed by atoms with Crippen molar-refractivity contribution >= 4 is 23.8 Å². The summed E-state index contributed by atoms with van der Waals surface area (Å²) >= 11 is 0. The van der Waals surface area contributed by atoms with Crippen LogP contribution in [-0.2, 0) is 14.4 Å². The topological polar surface area (TPSA) is 98.8 Å². The zero-order chi connectivity index (χ0) is 17.8. The van der Waals surface area contributed by atoms with Gasteiger partial charge >= 0.3 is 6.03 Å². The van der Waals surface area contributed by atoms with Crippen LogP contribution in [0.4, 0.5) is 4.79 Å². The number of carbonyl (C=O) groups is 4. The lowest BCUT2D eigenvalue weighted by atomic mass is 10.0. The van der Waals surface area contributed by atoms with Crippen LogP contribution in [0.2, 0.25) is 0 Å². The maximum atomic E-state index is 12.5. The molecule has 5 amide bonds. The Bertz CT molecular complexity index is 559. The highest BCUT2D eigenvalue weighted by Crippen LogP contribution is 2.28. The fourth-order valence-corrected chi connectivity index (χ4v) is 3.91. The van der Waals surface area contributed by atoms with E-state index in [1.807, 2.05) is 4.90 Å². The average Bonchev–Trinajstić information content (AvgIpc) is 3.06. The molecule has 0 radical (unpaired) electrons. The number of imide groups is 1. The summed E-state index contributed by atoms with van der Waals surface area (Å²) in [5.74, 6) is -0.318. The summed E-state index contributed by atoms with van der Waals surface area (Å²) in [5, 5.41) is 5.13. The highest BCUT2D eigenvalue weighted by atomic mass is 16.2. The second-order valence-corrected chi connectivity index (χ2v) is 7.19. The zero-order valence-corrected chi connectivity index (χ0v) is 14.5. The van der Waals surface area contributed by atoms with Gasteiger partial charge in [0.1, 0.15) is 6.54 Å². The van der Waals surface area contributed by atoms with E-state index in [1.54, 1.807) is 0 Å². The van der Waals surface area contributed by atoms with Crippen molar-refractivity contribution in [3.63, 3.8) is 0 Å². The number of nitrogens with zero attached hydrogens (tertiary/aromatic N) is 2. The Morgan fingerprint density at radius 3 is 2.56 bits per heavy atom. The predicted molar refractivity (Wildman–Crippen MR) is 89.4 cm³/mol. The van der Waals surface area contributed by atoms with Crippen LogP contribution in [0.3, 0.4) is 0 Å². The van der Waals surface area contributed by atoms with Crippen LogP contribution >= 0.6 is 0 Å². The fraction of sp³-hybridized carbons (Fsp3) is 0.765. The van der Waals surface area contributed by atoms with Gasteiger partial charge in [0.2, 0.25) is 17.7 Å². The minimum Gasteiger partial charge on any atom is -0.352 e. The Morgan fingerprint density at radius 1 is 1.08 bits per heavy atom. The number of rotatable bonds is 4.